The third-order valence-corrected chi connectivity index (χ3v) is 4.18. The van der Waals surface area contributed by atoms with E-state index in [4.69, 9.17) is 9.47 Å². The van der Waals surface area contributed by atoms with Gasteiger partial charge in [0.1, 0.15) is 11.8 Å². The molecule has 0 bridgehead atoms. The van der Waals surface area contributed by atoms with E-state index in [0.717, 1.165) is 22.2 Å². The van der Waals surface area contributed by atoms with Crippen LogP contribution >= 0.6 is 0 Å². The third kappa shape index (κ3) is 2.85. The van der Waals surface area contributed by atoms with Crippen LogP contribution in [0.1, 0.15) is 25.0 Å². The molecule has 4 rings (SSSR count). The molecule has 132 valence electrons. The van der Waals surface area contributed by atoms with Crippen LogP contribution in [0.25, 0.3) is 22.2 Å². The smallest absolute Gasteiger partial charge is 0.412 e. The van der Waals surface area contributed by atoms with Crippen molar-refractivity contribution >= 4 is 28.7 Å². The lowest BCUT2D eigenvalue weighted by atomic mass is 9.99. The first-order valence-corrected chi connectivity index (χ1v) is 8.21. The Morgan fingerprint density at radius 3 is 2.88 bits per heavy atom. The van der Waals surface area contributed by atoms with E-state index in [0.29, 0.717) is 11.3 Å². The summed E-state index contributed by atoms with van der Waals surface area (Å²) in [5.74, 6) is -0.417. The molecule has 0 aliphatic carbocycles. The third-order valence-electron chi connectivity index (χ3n) is 4.18. The summed E-state index contributed by atoms with van der Waals surface area (Å²) >= 11 is 0. The topological polar surface area (TPSA) is 106 Å². The van der Waals surface area contributed by atoms with Gasteiger partial charge in [-0.1, -0.05) is 0 Å². The van der Waals surface area contributed by atoms with Gasteiger partial charge in [-0.05, 0) is 31.2 Å². The van der Waals surface area contributed by atoms with Crippen molar-refractivity contribution in [3.8, 4) is 11.3 Å². The lowest BCUT2D eigenvalue weighted by Gasteiger charge is -2.25. The molecule has 8 heteroatoms. The fraction of sp³-hybridized carbons (Fsp3) is 0.222. The average molecular weight is 352 g/mol. The number of carbonyl (C=O) groups is 2. The van der Waals surface area contributed by atoms with Crippen LogP contribution in [0.15, 0.2) is 36.7 Å². The van der Waals surface area contributed by atoms with E-state index in [1.165, 1.54) is 0 Å². The standard InChI is InChI=1S/C18H16N4O4/c1-2-25-16(23)9-15-11-7-12-14(8-13(11)20-18(24)26-15)21-22-17(12)10-3-5-19-6-4-10/h3-8,15H,2,9H2,1H3,(H,20,24)(H,21,22). The van der Waals surface area contributed by atoms with Gasteiger partial charge in [-0.25, -0.2) is 4.79 Å². The number of rotatable bonds is 4. The molecular weight excluding hydrogens is 336 g/mol. The van der Waals surface area contributed by atoms with Crippen molar-refractivity contribution in [2.75, 3.05) is 11.9 Å². The van der Waals surface area contributed by atoms with Crippen molar-refractivity contribution in [3.63, 3.8) is 0 Å². The van der Waals surface area contributed by atoms with Gasteiger partial charge < -0.3 is 9.47 Å². The minimum absolute atomic E-state index is 0.0395. The van der Waals surface area contributed by atoms with Crippen LogP contribution in [0.2, 0.25) is 0 Å². The zero-order valence-electron chi connectivity index (χ0n) is 14.0. The summed E-state index contributed by atoms with van der Waals surface area (Å²) in [5.41, 5.74) is 3.74. The molecule has 0 fully saturated rings. The zero-order chi connectivity index (χ0) is 18.1. The van der Waals surface area contributed by atoms with E-state index in [-0.39, 0.29) is 13.0 Å². The summed E-state index contributed by atoms with van der Waals surface area (Å²) in [6, 6.07) is 7.40. The number of pyridine rings is 1. The lowest BCUT2D eigenvalue weighted by Crippen LogP contribution is -2.26. The van der Waals surface area contributed by atoms with Crippen LogP contribution in [0.4, 0.5) is 10.5 Å². The maximum Gasteiger partial charge on any atom is 0.412 e. The summed E-state index contributed by atoms with van der Waals surface area (Å²) in [7, 11) is 0. The highest BCUT2D eigenvalue weighted by Crippen LogP contribution is 2.38. The monoisotopic (exact) mass is 352 g/mol. The Kier molecular flexibility index (Phi) is 4.00. The van der Waals surface area contributed by atoms with Gasteiger partial charge in [0.15, 0.2) is 0 Å². The molecule has 0 saturated carbocycles. The van der Waals surface area contributed by atoms with E-state index in [1.807, 2.05) is 18.2 Å². The Bertz CT molecular complexity index is 984. The SMILES string of the molecule is CCOC(=O)CC1OC(=O)Nc2cc3[nH]nc(-c4ccncc4)c3cc21. The van der Waals surface area contributed by atoms with Gasteiger partial charge in [0.2, 0.25) is 0 Å². The summed E-state index contributed by atoms with van der Waals surface area (Å²) in [5, 5.41) is 10.9. The number of aromatic amines is 1. The maximum absolute atomic E-state index is 11.9. The van der Waals surface area contributed by atoms with Crippen LogP contribution in [0.5, 0.6) is 0 Å². The number of ether oxygens (including phenoxy) is 2. The van der Waals surface area contributed by atoms with Crippen molar-refractivity contribution < 1.29 is 19.1 Å². The molecule has 3 heterocycles. The van der Waals surface area contributed by atoms with Gasteiger partial charge >= 0.3 is 12.1 Å². The van der Waals surface area contributed by atoms with E-state index in [9.17, 15) is 9.59 Å². The largest absolute Gasteiger partial charge is 0.466 e. The predicted octanol–water partition coefficient (Wildman–Crippen LogP) is 3.18. The molecule has 1 unspecified atom stereocenters. The first kappa shape index (κ1) is 16.1. The zero-order valence-corrected chi connectivity index (χ0v) is 14.0. The Balaban J connectivity index is 1.79. The molecule has 1 aliphatic heterocycles. The van der Waals surface area contributed by atoms with Crippen LogP contribution in [-0.4, -0.2) is 33.9 Å². The van der Waals surface area contributed by atoms with E-state index < -0.39 is 18.2 Å². The van der Waals surface area contributed by atoms with Gasteiger partial charge in [0, 0.05) is 28.9 Å². The van der Waals surface area contributed by atoms with Crippen LogP contribution < -0.4 is 5.32 Å². The van der Waals surface area contributed by atoms with Crippen LogP contribution in [0.3, 0.4) is 0 Å². The summed E-state index contributed by atoms with van der Waals surface area (Å²) in [6.07, 6.45) is 2.05. The number of esters is 1. The second kappa shape index (κ2) is 6.47. The number of aromatic nitrogens is 3. The van der Waals surface area contributed by atoms with Crippen LogP contribution in [0, 0.1) is 0 Å². The van der Waals surface area contributed by atoms with Crippen LogP contribution in [-0.2, 0) is 14.3 Å². The van der Waals surface area contributed by atoms with E-state index in [1.54, 1.807) is 25.4 Å². The first-order chi connectivity index (χ1) is 12.7. The number of anilines is 1. The first-order valence-electron chi connectivity index (χ1n) is 8.21. The highest BCUT2D eigenvalue weighted by atomic mass is 16.6. The predicted molar refractivity (Wildman–Crippen MR) is 93.4 cm³/mol. The molecule has 0 saturated heterocycles. The normalized spacial score (nSPS) is 15.9. The summed E-state index contributed by atoms with van der Waals surface area (Å²) in [4.78, 5) is 27.7. The van der Waals surface area contributed by atoms with Crippen molar-refractivity contribution in [2.45, 2.75) is 19.4 Å². The van der Waals surface area contributed by atoms with E-state index in [2.05, 4.69) is 20.5 Å². The molecular formula is C18H16N4O4. The Hall–Kier alpha value is -3.42. The molecule has 2 N–H and O–H groups in total. The van der Waals surface area contributed by atoms with Gasteiger partial charge in [-0.2, -0.15) is 5.10 Å². The van der Waals surface area contributed by atoms with Crippen molar-refractivity contribution in [2.24, 2.45) is 0 Å². The quantitative estimate of drug-likeness (QED) is 0.699. The molecule has 1 aromatic carbocycles. The Labute approximate surface area is 148 Å². The summed E-state index contributed by atoms with van der Waals surface area (Å²) in [6.45, 7) is 2.01. The number of fused-ring (bicyclic) bond motifs is 2. The highest BCUT2D eigenvalue weighted by molar-refractivity contribution is 5.99. The highest BCUT2D eigenvalue weighted by Gasteiger charge is 2.30. The average Bonchev–Trinajstić information content (AvgIpc) is 3.04. The minimum Gasteiger partial charge on any atom is -0.466 e. The Morgan fingerprint density at radius 1 is 1.31 bits per heavy atom. The molecule has 3 aromatic rings. The van der Waals surface area contributed by atoms with Gasteiger partial charge in [-0.3, -0.25) is 20.2 Å². The molecule has 1 amide bonds. The maximum atomic E-state index is 11.9. The second-order valence-corrected chi connectivity index (χ2v) is 5.82. The van der Waals surface area contributed by atoms with Crippen molar-refractivity contribution in [1.82, 2.24) is 15.2 Å². The van der Waals surface area contributed by atoms with Gasteiger partial charge in [-0.15, -0.1) is 0 Å². The molecule has 1 atom stereocenters. The van der Waals surface area contributed by atoms with E-state index >= 15 is 0 Å². The molecule has 1 aliphatic rings. The molecule has 2 aromatic heterocycles. The number of hydrogen-bond acceptors (Lipinski definition) is 6. The molecule has 26 heavy (non-hydrogen) atoms. The van der Waals surface area contributed by atoms with Gasteiger partial charge in [0.25, 0.3) is 0 Å². The van der Waals surface area contributed by atoms with Gasteiger partial charge in [0.05, 0.1) is 24.2 Å². The fourth-order valence-corrected chi connectivity index (χ4v) is 3.04. The van der Waals surface area contributed by atoms with Crippen molar-refractivity contribution in [1.29, 1.82) is 0 Å². The molecule has 0 radical (unpaired) electrons. The number of amides is 1. The number of H-pyrrole nitrogens is 1. The number of hydrogen-bond donors (Lipinski definition) is 2. The summed E-state index contributed by atoms with van der Waals surface area (Å²) < 4.78 is 10.3. The lowest BCUT2D eigenvalue weighted by molar-refractivity contribution is -0.145. The number of benzene rings is 1. The number of nitrogens with one attached hydrogen (secondary N) is 2. The Morgan fingerprint density at radius 2 is 2.12 bits per heavy atom. The second-order valence-electron chi connectivity index (χ2n) is 5.82. The minimum atomic E-state index is -0.706. The van der Waals surface area contributed by atoms with Crippen molar-refractivity contribution in [3.05, 3.63) is 42.2 Å². The number of cyclic esters (lactones) is 1. The number of nitrogens with zero attached hydrogens (tertiary/aromatic N) is 2. The fourth-order valence-electron chi connectivity index (χ4n) is 3.04. The number of carbonyl (C=O) groups excluding carboxylic acids is 2. The molecule has 8 nitrogen and oxygen atoms in total. The molecule has 0 spiro atoms.